The number of unbranched alkanes of at least 4 members (excludes halogenated alkanes) is 1. The molecule has 0 aromatic carbocycles. The van der Waals surface area contributed by atoms with E-state index in [0.717, 1.165) is 57.9 Å². The molecule has 0 amide bonds. The first-order valence-electron chi connectivity index (χ1n) is 9.63. The van der Waals surface area contributed by atoms with Gasteiger partial charge in [0.2, 0.25) is 0 Å². The fraction of sp³-hybridized carbons (Fsp3) is 1.00. The molecule has 0 aromatic heterocycles. The second-order valence-electron chi connectivity index (χ2n) is 9.01. The molecule has 2 aliphatic rings. The highest BCUT2D eigenvalue weighted by atomic mass is 31.2. The minimum absolute atomic E-state index is 0.126. The van der Waals surface area contributed by atoms with E-state index in [2.05, 4.69) is 50.9 Å². The summed E-state index contributed by atoms with van der Waals surface area (Å²) in [5.41, 5.74) is 0.321. The van der Waals surface area contributed by atoms with E-state index in [4.69, 9.17) is 9.05 Å². The van der Waals surface area contributed by atoms with Gasteiger partial charge in [0.05, 0.1) is 19.3 Å². The molecule has 1 N–H and O–H groups in total. The number of aliphatic hydroxyl groups is 1. The molecule has 5 nitrogen and oxygen atoms in total. The van der Waals surface area contributed by atoms with Crippen LogP contribution in [-0.2, 0) is 9.05 Å². The number of hydrogen-bond donors (Lipinski definition) is 1. The van der Waals surface area contributed by atoms with Crippen LogP contribution in [0.25, 0.3) is 0 Å². The first kappa shape index (κ1) is 22.0. The van der Waals surface area contributed by atoms with Crippen molar-refractivity contribution in [2.75, 3.05) is 38.6 Å². The molecule has 0 bridgehead atoms. The molecule has 2 saturated heterocycles. The Morgan fingerprint density at radius 2 is 1.40 bits per heavy atom. The zero-order valence-corrected chi connectivity index (χ0v) is 18.8. The van der Waals surface area contributed by atoms with Crippen LogP contribution in [0.2, 0.25) is 0 Å². The Balaban J connectivity index is 1.66. The number of nitrogens with zero attached hydrogens (tertiary/aromatic N) is 2. The van der Waals surface area contributed by atoms with Gasteiger partial charge in [0.25, 0.3) is 0 Å². The van der Waals surface area contributed by atoms with Crippen LogP contribution >= 0.6 is 16.6 Å². The molecule has 2 heterocycles. The van der Waals surface area contributed by atoms with Gasteiger partial charge in [0.15, 0.2) is 0 Å². The summed E-state index contributed by atoms with van der Waals surface area (Å²) in [6.07, 6.45) is 4.74. The van der Waals surface area contributed by atoms with Crippen LogP contribution < -0.4 is 0 Å². The highest BCUT2D eigenvalue weighted by molar-refractivity contribution is 7.50. The highest BCUT2D eigenvalue weighted by Crippen LogP contribution is 2.51. The van der Waals surface area contributed by atoms with Gasteiger partial charge < -0.3 is 14.2 Å². The molecule has 2 fully saturated rings. The average molecular weight is 392 g/mol. The lowest BCUT2D eigenvalue weighted by Crippen LogP contribution is -2.36. The molecular weight excluding hydrogens is 354 g/mol. The topological polar surface area (TPSA) is 45.2 Å². The van der Waals surface area contributed by atoms with Crippen molar-refractivity contribution in [1.29, 1.82) is 0 Å². The Morgan fingerprint density at radius 3 is 1.96 bits per heavy atom. The second kappa shape index (κ2) is 9.24. The van der Waals surface area contributed by atoms with Crippen LogP contribution in [0, 0.1) is 0 Å². The molecule has 25 heavy (non-hydrogen) atoms. The summed E-state index contributed by atoms with van der Waals surface area (Å²) in [7, 11) is -1.07. The van der Waals surface area contributed by atoms with E-state index in [0.29, 0.717) is 0 Å². The van der Waals surface area contributed by atoms with E-state index in [-0.39, 0.29) is 17.2 Å². The third-order valence-corrected chi connectivity index (χ3v) is 9.75. The Morgan fingerprint density at radius 1 is 0.880 bits per heavy atom. The lowest BCUT2D eigenvalue weighted by atomic mass is 10.1. The molecule has 2 rings (SSSR count). The Bertz CT molecular complexity index is 412. The largest absolute Gasteiger partial charge is 0.393 e. The molecule has 2 aliphatic heterocycles. The Kier molecular flexibility index (Phi) is 8.11. The SMILES string of the molecule is CC(C)(C)N1CCOP1CCCCC(O)CP1OCCN1C(C)(C)C. The van der Waals surface area contributed by atoms with Gasteiger partial charge in [-0.05, 0) is 54.4 Å². The summed E-state index contributed by atoms with van der Waals surface area (Å²) in [5, 5.41) is 10.4. The van der Waals surface area contributed by atoms with Gasteiger partial charge in [-0.25, -0.2) is 0 Å². The van der Waals surface area contributed by atoms with E-state index in [9.17, 15) is 5.11 Å². The summed E-state index contributed by atoms with van der Waals surface area (Å²) in [5.74, 6) is 0. The molecule has 0 saturated carbocycles. The minimum Gasteiger partial charge on any atom is -0.393 e. The van der Waals surface area contributed by atoms with Crippen LogP contribution in [0.1, 0.15) is 60.8 Å². The predicted molar refractivity (Wildman–Crippen MR) is 108 cm³/mol. The first-order valence-corrected chi connectivity index (χ1v) is 12.4. The van der Waals surface area contributed by atoms with Crippen molar-refractivity contribution in [3.8, 4) is 0 Å². The van der Waals surface area contributed by atoms with Crippen molar-refractivity contribution in [3.05, 3.63) is 0 Å². The summed E-state index contributed by atoms with van der Waals surface area (Å²) in [6, 6.07) is 0. The van der Waals surface area contributed by atoms with Gasteiger partial charge in [-0.15, -0.1) is 0 Å². The van der Waals surface area contributed by atoms with E-state index in [1.54, 1.807) is 0 Å². The summed E-state index contributed by atoms with van der Waals surface area (Å²) in [6.45, 7) is 17.2. The fourth-order valence-electron chi connectivity index (χ4n) is 3.40. The number of rotatable bonds is 7. The second-order valence-corrected chi connectivity index (χ2v) is 12.7. The highest BCUT2D eigenvalue weighted by Gasteiger charge is 2.36. The van der Waals surface area contributed by atoms with Gasteiger partial charge >= 0.3 is 0 Å². The van der Waals surface area contributed by atoms with Crippen LogP contribution in [0.3, 0.4) is 0 Å². The quantitative estimate of drug-likeness (QED) is 0.514. The van der Waals surface area contributed by atoms with E-state index >= 15 is 0 Å². The third-order valence-electron chi connectivity index (χ3n) is 4.68. The lowest BCUT2D eigenvalue weighted by Gasteiger charge is -2.35. The standard InChI is InChI=1S/C18H38N2O3P2/c1-17(2,3)19-10-12-22-24(19)14-8-7-9-16(21)15-25-20(11-13-23-25)18(4,5)6/h16,21H,7-15H2,1-6H3. The maximum Gasteiger partial charge on any atom is 0.107 e. The molecule has 3 atom stereocenters. The summed E-state index contributed by atoms with van der Waals surface area (Å²) < 4.78 is 16.8. The monoisotopic (exact) mass is 392 g/mol. The summed E-state index contributed by atoms with van der Waals surface area (Å²) in [4.78, 5) is 0. The van der Waals surface area contributed by atoms with Gasteiger partial charge in [0, 0.05) is 36.5 Å². The van der Waals surface area contributed by atoms with E-state index < -0.39 is 16.6 Å². The van der Waals surface area contributed by atoms with Gasteiger partial charge in [-0.2, -0.15) is 0 Å². The van der Waals surface area contributed by atoms with E-state index in [1.165, 1.54) is 0 Å². The van der Waals surface area contributed by atoms with Crippen molar-refractivity contribution in [2.45, 2.75) is 78.0 Å². The zero-order valence-electron chi connectivity index (χ0n) is 17.0. The molecule has 3 unspecified atom stereocenters. The fourth-order valence-corrected chi connectivity index (χ4v) is 7.92. The van der Waals surface area contributed by atoms with Gasteiger partial charge in [-0.1, -0.05) is 6.42 Å². The summed E-state index contributed by atoms with van der Waals surface area (Å²) >= 11 is 0. The van der Waals surface area contributed by atoms with Crippen molar-refractivity contribution < 1.29 is 14.2 Å². The third kappa shape index (κ3) is 6.64. The lowest BCUT2D eigenvalue weighted by molar-refractivity contribution is 0.179. The zero-order chi connectivity index (χ0) is 18.7. The van der Waals surface area contributed by atoms with Gasteiger partial charge in [0.1, 0.15) is 16.6 Å². The molecule has 0 spiro atoms. The predicted octanol–water partition coefficient (Wildman–Crippen LogP) is 4.40. The molecule has 0 aliphatic carbocycles. The Hall–Kier alpha value is 0.660. The number of aliphatic hydroxyl groups excluding tert-OH is 1. The van der Waals surface area contributed by atoms with Crippen LogP contribution in [0.5, 0.6) is 0 Å². The minimum atomic E-state index is -0.634. The molecule has 0 aromatic rings. The maximum absolute atomic E-state index is 10.4. The molecule has 7 heteroatoms. The molecule has 0 radical (unpaired) electrons. The molecule has 148 valence electrons. The Labute approximate surface area is 157 Å². The smallest absolute Gasteiger partial charge is 0.107 e. The van der Waals surface area contributed by atoms with Crippen LogP contribution in [-0.4, -0.2) is 70.3 Å². The maximum atomic E-state index is 10.4. The first-order chi connectivity index (χ1) is 11.6. The van der Waals surface area contributed by atoms with Crippen molar-refractivity contribution in [1.82, 2.24) is 9.34 Å². The number of hydrogen-bond acceptors (Lipinski definition) is 5. The average Bonchev–Trinajstić information content (AvgIpc) is 3.10. The normalized spacial score (nSPS) is 28.0. The molecular formula is C18H38N2O3P2. The van der Waals surface area contributed by atoms with Crippen LogP contribution in [0.4, 0.5) is 0 Å². The van der Waals surface area contributed by atoms with Crippen molar-refractivity contribution in [2.24, 2.45) is 0 Å². The van der Waals surface area contributed by atoms with Crippen molar-refractivity contribution in [3.63, 3.8) is 0 Å². The van der Waals surface area contributed by atoms with Gasteiger partial charge in [-0.3, -0.25) is 9.34 Å². The van der Waals surface area contributed by atoms with E-state index in [1.807, 2.05) is 0 Å². The van der Waals surface area contributed by atoms with Crippen molar-refractivity contribution >= 4 is 16.6 Å². The van der Waals surface area contributed by atoms with Crippen LogP contribution in [0.15, 0.2) is 0 Å².